The van der Waals surface area contributed by atoms with Crippen LogP contribution in [0.5, 0.6) is 0 Å². The average molecular weight is 257 g/mol. The first-order chi connectivity index (χ1) is 8.95. The fourth-order valence-electron chi connectivity index (χ4n) is 2.65. The van der Waals surface area contributed by atoms with Gasteiger partial charge in [0, 0.05) is 12.1 Å². The van der Waals surface area contributed by atoms with Crippen LogP contribution < -0.4 is 5.32 Å². The van der Waals surface area contributed by atoms with Crippen molar-refractivity contribution < 1.29 is 0 Å². The van der Waals surface area contributed by atoms with E-state index in [2.05, 4.69) is 69.4 Å². The van der Waals surface area contributed by atoms with Crippen LogP contribution in [0.15, 0.2) is 30.3 Å². The number of nitrogens with one attached hydrogen (secondary N) is 1. The fraction of sp³-hybridized carbons (Fsp3) is 0.556. The van der Waals surface area contributed by atoms with E-state index in [0.717, 1.165) is 0 Å². The summed E-state index contributed by atoms with van der Waals surface area (Å²) in [6.45, 7) is 9.04. The van der Waals surface area contributed by atoms with Crippen molar-refractivity contribution in [1.29, 1.82) is 0 Å². The van der Waals surface area contributed by atoms with E-state index in [0.29, 0.717) is 12.1 Å². The molecule has 1 aromatic rings. The Morgan fingerprint density at radius 2 is 1.79 bits per heavy atom. The molecular formula is C18H27N. The van der Waals surface area contributed by atoms with E-state index < -0.39 is 0 Å². The van der Waals surface area contributed by atoms with Gasteiger partial charge >= 0.3 is 0 Å². The summed E-state index contributed by atoms with van der Waals surface area (Å²) in [5.41, 5.74) is 2.94. The van der Waals surface area contributed by atoms with E-state index >= 15 is 0 Å². The average Bonchev–Trinajstić information content (AvgIpc) is 2.36. The third-order valence-corrected chi connectivity index (χ3v) is 3.95. The summed E-state index contributed by atoms with van der Waals surface area (Å²) in [4.78, 5) is 0. The van der Waals surface area contributed by atoms with E-state index in [9.17, 15) is 0 Å². The molecule has 19 heavy (non-hydrogen) atoms. The second kappa shape index (κ2) is 5.92. The number of rotatable bonds is 2. The van der Waals surface area contributed by atoms with Gasteiger partial charge in [-0.05, 0) is 36.3 Å². The lowest BCUT2D eigenvalue weighted by atomic mass is 9.86. The van der Waals surface area contributed by atoms with Crippen LogP contribution in [0, 0.1) is 0 Å². The molecule has 0 aliphatic carbocycles. The molecule has 2 rings (SSSR count). The first-order valence-corrected chi connectivity index (χ1v) is 7.50. The van der Waals surface area contributed by atoms with Gasteiger partial charge in [-0.1, -0.05) is 63.6 Å². The second-order valence-electron chi connectivity index (χ2n) is 6.84. The van der Waals surface area contributed by atoms with Crippen LogP contribution in [0.4, 0.5) is 0 Å². The third-order valence-electron chi connectivity index (χ3n) is 3.95. The molecule has 1 heterocycles. The Hall–Kier alpha value is -1.08. The first kappa shape index (κ1) is 14.3. The maximum Gasteiger partial charge on any atom is 0.0255 e. The standard InChI is InChI=1S/C18H27N/c1-14-6-5-7-17(19-14)13-10-15-8-11-16(12-9-15)18(2,3)4/h8-14,17,19H,5-7H2,1-4H3/b13-10+. The number of piperidine rings is 1. The lowest BCUT2D eigenvalue weighted by Crippen LogP contribution is -2.39. The summed E-state index contributed by atoms with van der Waals surface area (Å²) in [6, 6.07) is 10.2. The van der Waals surface area contributed by atoms with E-state index in [1.165, 1.54) is 30.4 Å². The van der Waals surface area contributed by atoms with Gasteiger partial charge in [0.1, 0.15) is 0 Å². The highest BCUT2D eigenvalue weighted by molar-refractivity contribution is 5.51. The lowest BCUT2D eigenvalue weighted by Gasteiger charge is -2.26. The maximum absolute atomic E-state index is 3.64. The Morgan fingerprint density at radius 3 is 2.37 bits per heavy atom. The van der Waals surface area contributed by atoms with E-state index in [1.54, 1.807) is 0 Å². The van der Waals surface area contributed by atoms with Crippen LogP contribution in [-0.2, 0) is 5.41 Å². The van der Waals surface area contributed by atoms with Gasteiger partial charge in [-0.15, -0.1) is 0 Å². The van der Waals surface area contributed by atoms with Crippen molar-refractivity contribution in [3.8, 4) is 0 Å². The minimum Gasteiger partial charge on any atom is -0.308 e. The van der Waals surface area contributed by atoms with Crippen molar-refractivity contribution in [3.63, 3.8) is 0 Å². The summed E-state index contributed by atoms with van der Waals surface area (Å²) < 4.78 is 0. The molecule has 1 saturated heterocycles. The van der Waals surface area contributed by atoms with Crippen molar-refractivity contribution in [2.75, 3.05) is 0 Å². The summed E-state index contributed by atoms with van der Waals surface area (Å²) in [7, 11) is 0. The monoisotopic (exact) mass is 257 g/mol. The Labute approximate surface area is 118 Å². The van der Waals surface area contributed by atoms with Gasteiger partial charge in [-0.25, -0.2) is 0 Å². The normalized spacial score (nSPS) is 24.8. The van der Waals surface area contributed by atoms with Gasteiger partial charge in [0.25, 0.3) is 0 Å². The molecule has 2 atom stereocenters. The first-order valence-electron chi connectivity index (χ1n) is 7.50. The highest BCUT2D eigenvalue weighted by Gasteiger charge is 2.15. The Balaban J connectivity index is 1.99. The van der Waals surface area contributed by atoms with Gasteiger partial charge in [-0.2, -0.15) is 0 Å². The molecule has 1 N–H and O–H groups in total. The number of hydrogen-bond acceptors (Lipinski definition) is 1. The SMILES string of the molecule is CC1CCCC(/C=C/c2ccc(C(C)(C)C)cc2)N1. The lowest BCUT2D eigenvalue weighted by molar-refractivity contribution is 0.375. The van der Waals surface area contributed by atoms with Crippen molar-refractivity contribution in [2.45, 2.75) is 64.5 Å². The van der Waals surface area contributed by atoms with Gasteiger partial charge in [0.05, 0.1) is 0 Å². The quantitative estimate of drug-likeness (QED) is 0.821. The molecule has 1 aromatic carbocycles. The van der Waals surface area contributed by atoms with Crippen molar-refractivity contribution in [2.24, 2.45) is 0 Å². The van der Waals surface area contributed by atoms with E-state index in [1.807, 2.05) is 0 Å². The molecular weight excluding hydrogens is 230 g/mol. The van der Waals surface area contributed by atoms with Crippen LogP contribution >= 0.6 is 0 Å². The van der Waals surface area contributed by atoms with Crippen LogP contribution in [0.3, 0.4) is 0 Å². The molecule has 2 unspecified atom stereocenters. The minimum absolute atomic E-state index is 0.239. The molecule has 0 amide bonds. The number of benzene rings is 1. The van der Waals surface area contributed by atoms with E-state index in [-0.39, 0.29) is 5.41 Å². The maximum atomic E-state index is 3.64. The summed E-state index contributed by atoms with van der Waals surface area (Å²) >= 11 is 0. The Kier molecular flexibility index (Phi) is 4.46. The van der Waals surface area contributed by atoms with Crippen LogP contribution in [0.2, 0.25) is 0 Å². The summed E-state index contributed by atoms with van der Waals surface area (Å²) in [5, 5.41) is 3.64. The molecule has 0 spiro atoms. The van der Waals surface area contributed by atoms with Crippen LogP contribution in [-0.4, -0.2) is 12.1 Å². The topological polar surface area (TPSA) is 12.0 Å². The smallest absolute Gasteiger partial charge is 0.0255 e. The van der Waals surface area contributed by atoms with Gasteiger partial charge < -0.3 is 5.32 Å². The third kappa shape index (κ3) is 4.21. The molecule has 0 radical (unpaired) electrons. The second-order valence-corrected chi connectivity index (χ2v) is 6.84. The molecule has 1 aliphatic rings. The zero-order valence-electron chi connectivity index (χ0n) is 12.7. The zero-order valence-corrected chi connectivity index (χ0v) is 12.7. The minimum atomic E-state index is 0.239. The predicted molar refractivity (Wildman–Crippen MR) is 84.4 cm³/mol. The summed E-state index contributed by atoms with van der Waals surface area (Å²) in [5.74, 6) is 0. The molecule has 1 aliphatic heterocycles. The highest BCUT2D eigenvalue weighted by Crippen LogP contribution is 2.22. The van der Waals surface area contributed by atoms with Crippen LogP contribution in [0.25, 0.3) is 6.08 Å². The molecule has 0 aromatic heterocycles. The molecule has 0 saturated carbocycles. The Morgan fingerprint density at radius 1 is 1.11 bits per heavy atom. The largest absolute Gasteiger partial charge is 0.308 e. The molecule has 1 nitrogen and oxygen atoms in total. The van der Waals surface area contributed by atoms with E-state index in [4.69, 9.17) is 0 Å². The Bertz CT molecular complexity index is 422. The number of hydrogen-bond donors (Lipinski definition) is 1. The van der Waals surface area contributed by atoms with Gasteiger partial charge in [0.2, 0.25) is 0 Å². The molecule has 0 bridgehead atoms. The fourth-order valence-corrected chi connectivity index (χ4v) is 2.65. The van der Waals surface area contributed by atoms with Gasteiger partial charge in [-0.3, -0.25) is 0 Å². The van der Waals surface area contributed by atoms with Crippen molar-refractivity contribution in [1.82, 2.24) is 5.32 Å². The van der Waals surface area contributed by atoms with Crippen LogP contribution in [0.1, 0.15) is 58.1 Å². The molecule has 1 fully saturated rings. The highest BCUT2D eigenvalue weighted by atomic mass is 14.9. The van der Waals surface area contributed by atoms with Gasteiger partial charge in [0.15, 0.2) is 0 Å². The zero-order chi connectivity index (χ0) is 13.9. The molecule has 1 heteroatoms. The summed E-state index contributed by atoms with van der Waals surface area (Å²) in [6.07, 6.45) is 8.49. The predicted octanol–water partition coefficient (Wildman–Crippen LogP) is 4.53. The van der Waals surface area contributed by atoms with Crippen molar-refractivity contribution in [3.05, 3.63) is 41.5 Å². The molecule has 104 valence electrons. The van der Waals surface area contributed by atoms with Crippen molar-refractivity contribution >= 4 is 6.08 Å².